The van der Waals surface area contributed by atoms with E-state index in [1.807, 2.05) is 24.3 Å². The minimum Gasteiger partial charge on any atom is -0.497 e. The number of hydrogen-bond acceptors (Lipinski definition) is 5. The predicted octanol–water partition coefficient (Wildman–Crippen LogP) is 1.75. The van der Waals surface area contributed by atoms with Crippen molar-refractivity contribution in [3.05, 3.63) is 41.5 Å². The van der Waals surface area contributed by atoms with Gasteiger partial charge in [0.2, 0.25) is 5.89 Å². The summed E-state index contributed by atoms with van der Waals surface area (Å²) in [6, 6.07) is 8.00. The molecule has 102 valence electrons. The maximum absolute atomic E-state index is 5.45. The summed E-state index contributed by atoms with van der Waals surface area (Å²) in [4.78, 5) is 4.34. The molecule has 0 saturated carbocycles. The number of methoxy groups -OCH3 is 1. The smallest absolute Gasteiger partial charge is 0.226 e. The summed E-state index contributed by atoms with van der Waals surface area (Å²) in [6.45, 7) is 0.649. The van der Waals surface area contributed by atoms with Crippen LogP contribution in [0.15, 0.2) is 28.8 Å². The van der Waals surface area contributed by atoms with Crippen molar-refractivity contribution in [2.75, 3.05) is 13.7 Å². The zero-order chi connectivity index (χ0) is 13.5. The van der Waals surface area contributed by atoms with Gasteiger partial charge in [0.1, 0.15) is 5.75 Å². The average Bonchev–Trinajstić information content (AvgIpc) is 2.91. The second-order valence-corrected chi connectivity index (χ2v) is 4.34. The number of nitrogens with zero attached hydrogens (tertiary/aromatic N) is 2. The maximum Gasteiger partial charge on any atom is 0.226 e. The van der Waals surface area contributed by atoms with Crippen molar-refractivity contribution in [1.29, 1.82) is 0 Å². The first-order chi connectivity index (χ1) is 9.31. The molecule has 0 aliphatic heterocycles. The quantitative estimate of drug-likeness (QED) is 0.822. The van der Waals surface area contributed by atoms with E-state index in [4.69, 9.17) is 15.0 Å². The normalized spacial score (nSPS) is 10.6. The highest BCUT2D eigenvalue weighted by Crippen LogP contribution is 2.13. The number of hydrogen-bond donors (Lipinski definition) is 1. The minimum atomic E-state index is 0.649. The summed E-state index contributed by atoms with van der Waals surface area (Å²) < 4.78 is 10.3. The number of benzene rings is 1. The highest BCUT2D eigenvalue weighted by molar-refractivity contribution is 5.27. The van der Waals surface area contributed by atoms with Crippen molar-refractivity contribution >= 4 is 0 Å². The molecule has 0 atom stereocenters. The Morgan fingerprint density at radius 3 is 2.63 bits per heavy atom. The lowest BCUT2D eigenvalue weighted by atomic mass is 10.1. The van der Waals surface area contributed by atoms with Crippen molar-refractivity contribution in [1.82, 2.24) is 10.1 Å². The van der Waals surface area contributed by atoms with Crippen LogP contribution in [-0.4, -0.2) is 23.8 Å². The molecule has 5 heteroatoms. The van der Waals surface area contributed by atoms with Crippen molar-refractivity contribution in [2.24, 2.45) is 5.73 Å². The molecule has 1 heterocycles. The fraction of sp³-hybridized carbons (Fsp3) is 0.429. The van der Waals surface area contributed by atoms with Gasteiger partial charge in [-0.05, 0) is 37.1 Å². The molecule has 2 rings (SSSR count). The summed E-state index contributed by atoms with van der Waals surface area (Å²) in [5.41, 5.74) is 6.67. The molecule has 5 nitrogen and oxygen atoms in total. The molecule has 0 unspecified atom stereocenters. The molecule has 0 saturated heterocycles. The van der Waals surface area contributed by atoms with Gasteiger partial charge in [0.15, 0.2) is 5.82 Å². The van der Waals surface area contributed by atoms with Crippen molar-refractivity contribution in [3.63, 3.8) is 0 Å². The topological polar surface area (TPSA) is 74.2 Å². The molecular weight excluding hydrogens is 242 g/mol. The Hall–Kier alpha value is -1.88. The van der Waals surface area contributed by atoms with Gasteiger partial charge in [-0.1, -0.05) is 17.3 Å². The highest BCUT2D eigenvalue weighted by Gasteiger charge is 2.06. The van der Waals surface area contributed by atoms with Gasteiger partial charge in [0.05, 0.1) is 7.11 Å². The third-order valence-corrected chi connectivity index (χ3v) is 2.90. The Labute approximate surface area is 112 Å². The van der Waals surface area contributed by atoms with Crippen molar-refractivity contribution in [3.8, 4) is 5.75 Å². The van der Waals surface area contributed by atoms with Crippen molar-refractivity contribution < 1.29 is 9.26 Å². The van der Waals surface area contributed by atoms with Crippen LogP contribution in [0.1, 0.15) is 23.7 Å². The largest absolute Gasteiger partial charge is 0.497 e. The van der Waals surface area contributed by atoms with E-state index in [1.54, 1.807) is 7.11 Å². The first-order valence-electron chi connectivity index (χ1n) is 6.46. The number of aromatic nitrogens is 2. The molecule has 2 aromatic rings. The average molecular weight is 261 g/mol. The Morgan fingerprint density at radius 1 is 1.16 bits per heavy atom. The second kappa shape index (κ2) is 6.89. The fourth-order valence-electron chi connectivity index (χ4n) is 1.80. The van der Waals surface area contributed by atoms with E-state index < -0.39 is 0 Å². The van der Waals surface area contributed by atoms with Gasteiger partial charge in [-0.3, -0.25) is 0 Å². The Kier molecular flexibility index (Phi) is 4.92. The van der Waals surface area contributed by atoms with Gasteiger partial charge in [0.25, 0.3) is 0 Å². The van der Waals surface area contributed by atoms with Crippen LogP contribution in [0.3, 0.4) is 0 Å². The summed E-state index contributed by atoms with van der Waals surface area (Å²) in [6.07, 6.45) is 3.30. The lowest BCUT2D eigenvalue weighted by Crippen LogP contribution is -2.01. The van der Waals surface area contributed by atoms with E-state index >= 15 is 0 Å². The number of ether oxygens (including phenoxy) is 1. The molecule has 0 aliphatic rings. The maximum atomic E-state index is 5.45. The van der Waals surface area contributed by atoms with E-state index in [9.17, 15) is 0 Å². The van der Waals surface area contributed by atoms with E-state index in [0.29, 0.717) is 12.4 Å². The third kappa shape index (κ3) is 4.06. The molecule has 0 spiro atoms. The van der Waals surface area contributed by atoms with Crippen LogP contribution >= 0.6 is 0 Å². The third-order valence-electron chi connectivity index (χ3n) is 2.90. The molecule has 19 heavy (non-hydrogen) atoms. The van der Waals surface area contributed by atoms with Gasteiger partial charge in [-0.2, -0.15) is 4.98 Å². The predicted molar refractivity (Wildman–Crippen MR) is 72.1 cm³/mol. The SMILES string of the molecule is COc1ccc(CCc2nc(CCCN)no2)cc1. The van der Waals surface area contributed by atoms with Crippen LogP contribution in [-0.2, 0) is 19.3 Å². The van der Waals surface area contributed by atoms with Crippen LogP contribution < -0.4 is 10.5 Å². The second-order valence-electron chi connectivity index (χ2n) is 4.34. The molecule has 0 fully saturated rings. The number of nitrogens with two attached hydrogens (primary N) is 1. The zero-order valence-electron chi connectivity index (χ0n) is 11.1. The minimum absolute atomic E-state index is 0.649. The van der Waals surface area contributed by atoms with Crippen LogP contribution in [0.4, 0.5) is 0 Å². The summed E-state index contributed by atoms with van der Waals surface area (Å²) in [5, 5.41) is 3.93. The lowest BCUT2D eigenvalue weighted by molar-refractivity contribution is 0.372. The van der Waals surface area contributed by atoms with Crippen LogP contribution in [0, 0.1) is 0 Å². The molecule has 2 N–H and O–H groups in total. The standard InChI is InChI=1S/C14H19N3O2/c1-18-12-7-4-11(5-8-12)6-9-14-16-13(17-19-14)3-2-10-15/h4-5,7-8H,2-3,6,9-10,15H2,1H3. The molecule has 0 amide bonds. The summed E-state index contributed by atoms with van der Waals surface area (Å²) in [7, 11) is 1.66. The molecule has 1 aromatic heterocycles. The number of aryl methyl sites for hydroxylation is 3. The first kappa shape index (κ1) is 13.5. The van der Waals surface area contributed by atoms with Crippen LogP contribution in [0.2, 0.25) is 0 Å². The Balaban J connectivity index is 1.85. The molecule has 0 bridgehead atoms. The molecular formula is C14H19N3O2. The van der Waals surface area contributed by atoms with E-state index in [-0.39, 0.29) is 0 Å². The Bertz CT molecular complexity index is 494. The van der Waals surface area contributed by atoms with E-state index in [2.05, 4.69) is 10.1 Å². The van der Waals surface area contributed by atoms with Crippen LogP contribution in [0.5, 0.6) is 5.75 Å². The van der Waals surface area contributed by atoms with Crippen molar-refractivity contribution in [2.45, 2.75) is 25.7 Å². The fourth-order valence-corrected chi connectivity index (χ4v) is 1.80. The van der Waals surface area contributed by atoms with E-state index in [0.717, 1.165) is 37.3 Å². The summed E-state index contributed by atoms with van der Waals surface area (Å²) in [5.74, 6) is 2.30. The van der Waals surface area contributed by atoms with Gasteiger partial charge in [-0.25, -0.2) is 0 Å². The first-order valence-corrected chi connectivity index (χ1v) is 6.46. The highest BCUT2D eigenvalue weighted by atomic mass is 16.5. The number of rotatable bonds is 7. The monoisotopic (exact) mass is 261 g/mol. The van der Waals surface area contributed by atoms with Gasteiger partial charge < -0.3 is 15.0 Å². The van der Waals surface area contributed by atoms with Gasteiger partial charge >= 0.3 is 0 Å². The molecule has 0 radical (unpaired) electrons. The van der Waals surface area contributed by atoms with Crippen LogP contribution in [0.25, 0.3) is 0 Å². The van der Waals surface area contributed by atoms with E-state index in [1.165, 1.54) is 5.56 Å². The lowest BCUT2D eigenvalue weighted by Gasteiger charge is -2.01. The van der Waals surface area contributed by atoms with Gasteiger partial charge in [-0.15, -0.1) is 0 Å². The summed E-state index contributed by atoms with van der Waals surface area (Å²) >= 11 is 0. The molecule has 1 aromatic carbocycles. The Morgan fingerprint density at radius 2 is 1.95 bits per heavy atom. The molecule has 0 aliphatic carbocycles. The van der Waals surface area contributed by atoms with Gasteiger partial charge in [0, 0.05) is 12.8 Å². The zero-order valence-corrected chi connectivity index (χ0v) is 11.1.